The molecule has 0 radical (unpaired) electrons. The number of nitrogens with one attached hydrogen (secondary N) is 1. The minimum Gasteiger partial charge on any atom is -0.406 e. The normalized spacial score (nSPS) is 10.1. The second-order valence-corrected chi connectivity index (χ2v) is 2.90. The van der Waals surface area contributed by atoms with Gasteiger partial charge in [0.05, 0.1) is 0 Å². The molecule has 0 saturated carbocycles. The average molecular weight is 245 g/mol. The van der Waals surface area contributed by atoms with Gasteiger partial charge in [-0.15, -0.1) is 13.2 Å². The number of rotatable bonds is 2. The van der Waals surface area contributed by atoms with Gasteiger partial charge in [-0.1, -0.05) is 5.92 Å². The van der Waals surface area contributed by atoms with Crippen LogP contribution in [-0.4, -0.2) is 12.3 Å². The molecule has 0 heterocycles. The van der Waals surface area contributed by atoms with Crippen molar-refractivity contribution in [1.29, 1.82) is 0 Å². The largest absolute Gasteiger partial charge is 0.573 e. The summed E-state index contributed by atoms with van der Waals surface area (Å²) >= 11 is 0. The van der Waals surface area contributed by atoms with Gasteiger partial charge in [0, 0.05) is 5.69 Å². The standard InChI is InChI=1S/C11H8F3NO2/c1-2-3-10(16)15-8-4-6-9(7-5-8)17-11(12,13)14/h4-7H,1H3,(H,15,16)/i10+2. The highest BCUT2D eigenvalue weighted by atomic mass is 19.4. The van der Waals surface area contributed by atoms with E-state index in [9.17, 15) is 18.0 Å². The topological polar surface area (TPSA) is 38.3 Å². The molecule has 1 N–H and O–H groups in total. The lowest BCUT2D eigenvalue weighted by Crippen LogP contribution is -2.17. The number of hydrogen-bond donors (Lipinski definition) is 1. The first-order chi connectivity index (χ1) is 7.90. The van der Waals surface area contributed by atoms with Crippen LogP contribution in [0.4, 0.5) is 18.9 Å². The van der Waals surface area contributed by atoms with Crippen LogP contribution in [-0.2, 0) is 4.79 Å². The Labute approximate surface area is 95.6 Å². The molecular formula is C11H8F3NO2. The second kappa shape index (κ2) is 5.25. The number of carbonyl (C=O) groups is 1. The van der Waals surface area contributed by atoms with Gasteiger partial charge in [0.15, 0.2) is 0 Å². The molecule has 0 aliphatic heterocycles. The highest BCUT2D eigenvalue weighted by Gasteiger charge is 2.30. The molecule has 90 valence electrons. The van der Waals surface area contributed by atoms with E-state index in [-0.39, 0.29) is 5.75 Å². The summed E-state index contributed by atoms with van der Waals surface area (Å²) in [5.74, 6) is 3.75. The Hall–Kier alpha value is -2.16. The zero-order valence-corrected chi connectivity index (χ0v) is 8.76. The van der Waals surface area contributed by atoms with Gasteiger partial charge in [0.2, 0.25) is 0 Å². The molecule has 0 fully saturated rings. The van der Waals surface area contributed by atoms with Crippen LogP contribution in [0.25, 0.3) is 0 Å². The molecule has 1 aromatic rings. The van der Waals surface area contributed by atoms with Gasteiger partial charge in [0.1, 0.15) is 5.75 Å². The molecule has 0 aliphatic carbocycles. The number of amides is 1. The highest BCUT2D eigenvalue weighted by Crippen LogP contribution is 2.23. The van der Waals surface area contributed by atoms with Gasteiger partial charge >= 0.3 is 6.36 Å². The maximum Gasteiger partial charge on any atom is 0.573 e. The molecule has 3 nitrogen and oxygen atoms in total. The van der Waals surface area contributed by atoms with Gasteiger partial charge in [-0.05, 0) is 37.1 Å². The third-order valence-electron chi connectivity index (χ3n) is 1.58. The number of benzene rings is 1. The predicted octanol–water partition coefficient (Wildman–Crippen LogP) is 2.55. The van der Waals surface area contributed by atoms with E-state index < -0.39 is 12.3 Å². The van der Waals surface area contributed by atoms with Crippen LogP contribution < -0.4 is 10.1 Å². The number of ether oxygens (including phenoxy) is 1. The molecule has 0 atom stereocenters. The van der Waals surface area contributed by atoms with Gasteiger partial charge in [-0.3, -0.25) is 4.79 Å². The lowest BCUT2D eigenvalue weighted by molar-refractivity contribution is -0.274. The van der Waals surface area contributed by atoms with Crippen molar-refractivity contribution in [2.45, 2.75) is 13.3 Å². The molecule has 17 heavy (non-hydrogen) atoms. The average Bonchev–Trinajstić information content (AvgIpc) is 2.19. The third-order valence-corrected chi connectivity index (χ3v) is 1.58. The Morgan fingerprint density at radius 3 is 2.35 bits per heavy atom. The molecule has 6 heteroatoms. The maximum absolute atomic E-state index is 11.8. The van der Waals surface area contributed by atoms with E-state index in [0.29, 0.717) is 5.69 Å². The fourth-order valence-corrected chi connectivity index (χ4v) is 1.02. The Morgan fingerprint density at radius 1 is 1.29 bits per heavy atom. The highest BCUT2D eigenvalue weighted by molar-refractivity contribution is 6.03. The lowest BCUT2D eigenvalue weighted by Gasteiger charge is -2.09. The van der Waals surface area contributed by atoms with Crippen molar-refractivity contribution in [3.05, 3.63) is 24.3 Å². The summed E-state index contributed by atoms with van der Waals surface area (Å²) in [6, 6.07) is 4.78. The van der Waals surface area contributed by atoms with E-state index in [1.165, 1.54) is 19.1 Å². The zero-order chi connectivity index (χ0) is 12.9. The smallest absolute Gasteiger partial charge is 0.406 e. The van der Waals surface area contributed by atoms with Gasteiger partial charge in [-0.2, -0.15) is 0 Å². The van der Waals surface area contributed by atoms with Crippen molar-refractivity contribution in [3.8, 4) is 17.6 Å². The van der Waals surface area contributed by atoms with E-state index in [0.717, 1.165) is 12.1 Å². The first-order valence-corrected chi connectivity index (χ1v) is 4.50. The summed E-state index contributed by atoms with van der Waals surface area (Å²) in [7, 11) is 0. The Balaban J connectivity index is 2.67. The minimum absolute atomic E-state index is 0.340. The van der Waals surface area contributed by atoms with Crippen molar-refractivity contribution >= 4 is 11.6 Å². The van der Waals surface area contributed by atoms with E-state index in [2.05, 4.69) is 21.9 Å². The number of carbonyl (C=O) groups excluding carboxylic acids is 1. The maximum atomic E-state index is 11.8. The van der Waals surface area contributed by atoms with Crippen LogP contribution in [0.5, 0.6) is 5.75 Å². The summed E-state index contributed by atoms with van der Waals surface area (Å²) in [4.78, 5) is 11.0. The molecular weight excluding hydrogens is 237 g/mol. The number of anilines is 1. The van der Waals surface area contributed by atoms with Crippen molar-refractivity contribution in [1.82, 2.24) is 0 Å². The van der Waals surface area contributed by atoms with Gasteiger partial charge in [0.25, 0.3) is 5.91 Å². The fourth-order valence-electron chi connectivity index (χ4n) is 1.02. The van der Waals surface area contributed by atoms with Crippen LogP contribution in [0.15, 0.2) is 24.3 Å². The van der Waals surface area contributed by atoms with Crippen LogP contribution in [0.1, 0.15) is 6.92 Å². The van der Waals surface area contributed by atoms with E-state index >= 15 is 0 Å². The van der Waals surface area contributed by atoms with Crippen LogP contribution >= 0.6 is 0 Å². The molecule has 0 bridgehead atoms. The molecule has 0 aliphatic rings. The van der Waals surface area contributed by atoms with Crippen LogP contribution in [0, 0.1) is 11.8 Å². The molecule has 0 aromatic heterocycles. The quantitative estimate of drug-likeness (QED) is 0.813. The predicted molar refractivity (Wildman–Crippen MR) is 55.2 cm³/mol. The van der Waals surface area contributed by atoms with Gasteiger partial charge < -0.3 is 10.1 Å². The first kappa shape index (κ1) is 12.9. The van der Waals surface area contributed by atoms with E-state index in [1.54, 1.807) is 0 Å². The lowest BCUT2D eigenvalue weighted by atomic mass is 10.3. The number of halogens is 3. The Bertz CT molecular complexity index is 454. The first-order valence-electron chi connectivity index (χ1n) is 4.50. The molecule has 0 unspecified atom stereocenters. The third kappa shape index (κ3) is 4.93. The van der Waals surface area contributed by atoms with Crippen molar-refractivity contribution < 1.29 is 22.7 Å². The minimum atomic E-state index is -4.72. The van der Waals surface area contributed by atoms with Crippen LogP contribution in [0.2, 0.25) is 0 Å². The Morgan fingerprint density at radius 2 is 1.88 bits per heavy atom. The SMILES string of the molecule is CC#C[14C](=O)Nc1ccc(OC(F)(F)F)cc1. The molecule has 0 saturated heterocycles. The molecule has 1 aromatic carbocycles. The molecule has 1 rings (SSSR count). The number of alkyl halides is 3. The summed E-state index contributed by atoms with van der Waals surface area (Å²) in [5, 5.41) is 2.38. The summed E-state index contributed by atoms with van der Waals surface area (Å²) in [6.45, 7) is 1.50. The van der Waals surface area contributed by atoms with E-state index in [4.69, 9.17) is 0 Å². The number of hydrogen-bond acceptors (Lipinski definition) is 2. The van der Waals surface area contributed by atoms with E-state index in [1.807, 2.05) is 0 Å². The fraction of sp³-hybridized carbons (Fsp3) is 0.182. The summed E-state index contributed by atoms with van der Waals surface area (Å²) in [6.07, 6.45) is -4.72. The summed E-state index contributed by atoms with van der Waals surface area (Å²) < 4.78 is 39.2. The van der Waals surface area contributed by atoms with Crippen molar-refractivity contribution in [3.63, 3.8) is 0 Å². The van der Waals surface area contributed by atoms with Gasteiger partial charge in [-0.25, -0.2) is 0 Å². The van der Waals surface area contributed by atoms with Crippen LogP contribution in [0.3, 0.4) is 0 Å². The summed E-state index contributed by atoms with van der Waals surface area (Å²) in [5.41, 5.74) is 0.340. The monoisotopic (exact) mass is 245 g/mol. The van der Waals surface area contributed by atoms with Crippen molar-refractivity contribution in [2.24, 2.45) is 0 Å². The molecule has 0 spiro atoms. The second-order valence-electron chi connectivity index (χ2n) is 2.90. The Kier molecular flexibility index (Phi) is 3.99. The molecule has 1 amide bonds. The van der Waals surface area contributed by atoms with Crippen molar-refractivity contribution in [2.75, 3.05) is 5.32 Å². The zero-order valence-electron chi connectivity index (χ0n) is 8.76.